The van der Waals surface area contributed by atoms with Gasteiger partial charge in [0.25, 0.3) is 5.91 Å². The first-order chi connectivity index (χ1) is 17.3. The minimum atomic E-state index is -1.08. The topological polar surface area (TPSA) is 63.6 Å². The van der Waals surface area contributed by atoms with Crippen molar-refractivity contribution in [1.29, 1.82) is 0 Å². The lowest BCUT2D eigenvalue weighted by Gasteiger charge is -2.44. The average Bonchev–Trinajstić information content (AvgIpc) is 3.25. The maximum atomic E-state index is 13.9. The Labute approximate surface area is 211 Å². The number of fused-ring (bicyclic) bond motifs is 3. The van der Waals surface area contributed by atoms with Crippen molar-refractivity contribution in [3.8, 4) is 5.75 Å². The van der Waals surface area contributed by atoms with Crippen molar-refractivity contribution in [2.75, 3.05) is 0 Å². The van der Waals surface area contributed by atoms with Crippen LogP contribution in [0.25, 0.3) is 10.9 Å². The third-order valence-corrected chi connectivity index (χ3v) is 6.76. The monoisotopic (exact) mass is 481 g/mol. The van der Waals surface area contributed by atoms with E-state index in [1.165, 1.54) is 0 Å². The first-order valence-corrected chi connectivity index (χ1v) is 12.3. The third kappa shape index (κ3) is 4.47. The molecule has 2 heterocycles. The van der Waals surface area contributed by atoms with E-state index in [0.717, 1.165) is 27.8 Å². The lowest BCUT2D eigenvalue weighted by atomic mass is 9.93. The van der Waals surface area contributed by atoms with Gasteiger partial charge in [-0.15, -0.1) is 0 Å². The molecule has 1 aromatic heterocycles. The predicted molar refractivity (Wildman–Crippen MR) is 141 cm³/mol. The van der Waals surface area contributed by atoms with Crippen LogP contribution in [0.15, 0.2) is 84.9 Å². The van der Waals surface area contributed by atoms with Gasteiger partial charge >= 0.3 is 0 Å². The van der Waals surface area contributed by atoms with Gasteiger partial charge in [-0.25, -0.2) is 0 Å². The highest BCUT2D eigenvalue weighted by molar-refractivity contribution is 6.03. The van der Waals surface area contributed by atoms with E-state index in [2.05, 4.69) is 5.32 Å². The van der Waals surface area contributed by atoms with Crippen molar-refractivity contribution < 1.29 is 14.3 Å². The number of ether oxygens (including phenoxy) is 1. The molecule has 0 aliphatic carbocycles. The van der Waals surface area contributed by atoms with Gasteiger partial charge in [0.1, 0.15) is 17.0 Å². The van der Waals surface area contributed by atoms with Crippen LogP contribution < -0.4 is 10.1 Å². The summed E-state index contributed by atoms with van der Waals surface area (Å²) < 4.78 is 7.75. The van der Waals surface area contributed by atoms with Gasteiger partial charge in [0.2, 0.25) is 5.91 Å². The zero-order valence-electron chi connectivity index (χ0n) is 20.9. The Hall–Kier alpha value is -4.06. The number of aromatic nitrogens is 1. The molecule has 0 saturated heterocycles. The highest BCUT2D eigenvalue weighted by Crippen LogP contribution is 2.33. The van der Waals surface area contributed by atoms with Crippen LogP contribution in [0.2, 0.25) is 0 Å². The fourth-order valence-electron chi connectivity index (χ4n) is 4.85. The number of para-hydroxylation sites is 1. The number of nitrogens with zero attached hydrogens (tertiary/aromatic N) is 2. The van der Waals surface area contributed by atoms with Crippen LogP contribution in [0.3, 0.4) is 0 Å². The number of amides is 2. The first kappa shape index (κ1) is 23.7. The largest absolute Gasteiger partial charge is 0.491 e. The Morgan fingerprint density at radius 2 is 1.67 bits per heavy atom. The van der Waals surface area contributed by atoms with E-state index in [-0.39, 0.29) is 17.9 Å². The van der Waals surface area contributed by atoms with E-state index in [4.69, 9.17) is 4.74 Å². The summed E-state index contributed by atoms with van der Waals surface area (Å²) in [6.45, 7) is 6.92. The maximum absolute atomic E-state index is 13.9. The fourth-order valence-corrected chi connectivity index (χ4v) is 4.85. The van der Waals surface area contributed by atoms with Crippen molar-refractivity contribution in [1.82, 2.24) is 14.8 Å². The number of hydrogen-bond donors (Lipinski definition) is 1. The Bertz CT molecular complexity index is 1390. The summed E-state index contributed by atoms with van der Waals surface area (Å²) in [5, 5.41) is 4.07. The molecular formula is C30H31N3O3. The third-order valence-electron chi connectivity index (χ3n) is 6.76. The van der Waals surface area contributed by atoms with E-state index < -0.39 is 5.54 Å². The summed E-state index contributed by atoms with van der Waals surface area (Å²) in [6, 6.07) is 27.4. The minimum absolute atomic E-state index is 0.0815. The molecule has 0 unspecified atom stereocenters. The van der Waals surface area contributed by atoms with Gasteiger partial charge in [0, 0.05) is 24.0 Å². The van der Waals surface area contributed by atoms with Gasteiger partial charge < -0.3 is 19.5 Å². The molecule has 1 atom stereocenters. The maximum Gasteiger partial charge on any atom is 0.271 e. The van der Waals surface area contributed by atoms with E-state index in [1.807, 2.05) is 110 Å². The second-order valence-corrected chi connectivity index (χ2v) is 9.82. The van der Waals surface area contributed by atoms with Crippen LogP contribution in [0, 0.1) is 0 Å². The lowest BCUT2D eigenvalue weighted by molar-refractivity contribution is -0.133. The summed E-state index contributed by atoms with van der Waals surface area (Å²) in [4.78, 5) is 29.4. The second-order valence-electron chi connectivity index (χ2n) is 9.82. The molecule has 1 aliphatic rings. The first-order valence-electron chi connectivity index (χ1n) is 12.3. The molecule has 0 saturated carbocycles. The van der Waals surface area contributed by atoms with Crippen LogP contribution >= 0.6 is 0 Å². The smallest absolute Gasteiger partial charge is 0.271 e. The highest BCUT2D eigenvalue weighted by atomic mass is 16.5. The van der Waals surface area contributed by atoms with Crippen molar-refractivity contribution in [3.05, 3.63) is 102 Å². The van der Waals surface area contributed by atoms with Crippen LogP contribution in [0.5, 0.6) is 5.75 Å². The highest BCUT2D eigenvalue weighted by Gasteiger charge is 2.47. The number of hydrogen-bond acceptors (Lipinski definition) is 3. The van der Waals surface area contributed by atoms with Gasteiger partial charge in [-0.2, -0.15) is 0 Å². The average molecular weight is 482 g/mol. The Morgan fingerprint density at radius 3 is 2.39 bits per heavy atom. The van der Waals surface area contributed by atoms with Gasteiger partial charge in [-0.05, 0) is 56.2 Å². The molecule has 3 aromatic carbocycles. The summed E-state index contributed by atoms with van der Waals surface area (Å²) in [5.41, 5.74) is 2.43. The van der Waals surface area contributed by atoms with E-state index >= 15 is 0 Å². The molecule has 36 heavy (non-hydrogen) atoms. The predicted octanol–water partition coefficient (Wildman–Crippen LogP) is 5.16. The molecule has 6 nitrogen and oxygen atoms in total. The van der Waals surface area contributed by atoms with Gasteiger partial charge in [0.05, 0.1) is 12.6 Å². The Kier molecular flexibility index (Phi) is 6.27. The molecule has 0 spiro atoms. The molecule has 1 aliphatic heterocycles. The molecule has 2 amide bonds. The molecule has 6 heteroatoms. The van der Waals surface area contributed by atoms with Crippen molar-refractivity contribution in [3.63, 3.8) is 0 Å². The number of nitrogens with one attached hydrogen (secondary N) is 1. The van der Waals surface area contributed by atoms with Gasteiger partial charge in [-0.3, -0.25) is 9.59 Å². The standard InChI is InChI=1S/C30H31N3O3/c1-21(2)36-25-15-13-23(14-16-25)19-33-28(34)27-17-24-11-7-8-12-26(24)32(27)20-30(33,3)29(35)31-18-22-9-5-4-6-10-22/h4-17,21H,18-20H2,1-3H3,(H,31,35)/t30-/m1/s1. The molecular weight excluding hydrogens is 450 g/mol. The van der Waals surface area contributed by atoms with Crippen molar-refractivity contribution >= 4 is 22.7 Å². The SMILES string of the molecule is CC(C)Oc1ccc(CN2C(=O)c3cc4ccccc4n3C[C@]2(C)C(=O)NCc2ccccc2)cc1. The molecule has 5 rings (SSSR count). The van der Waals surface area contributed by atoms with Crippen LogP contribution in [-0.4, -0.2) is 32.9 Å². The number of benzene rings is 3. The number of carbonyl (C=O) groups excluding carboxylic acids is 2. The van der Waals surface area contributed by atoms with Gasteiger partial charge in [-0.1, -0.05) is 60.7 Å². The molecule has 0 radical (unpaired) electrons. The van der Waals surface area contributed by atoms with Crippen LogP contribution in [0.1, 0.15) is 42.4 Å². The molecule has 184 valence electrons. The molecule has 0 bridgehead atoms. The lowest BCUT2D eigenvalue weighted by Crippen LogP contribution is -2.63. The van der Waals surface area contributed by atoms with Crippen LogP contribution in [0.4, 0.5) is 0 Å². The fraction of sp³-hybridized carbons (Fsp3) is 0.267. The molecule has 4 aromatic rings. The molecule has 1 N–H and O–H groups in total. The molecule has 0 fully saturated rings. The van der Waals surface area contributed by atoms with E-state index in [0.29, 0.717) is 25.3 Å². The zero-order chi connectivity index (χ0) is 25.3. The van der Waals surface area contributed by atoms with Crippen LogP contribution in [-0.2, 0) is 24.4 Å². The summed E-state index contributed by atoms with van der Waals surface area (Å²) in [6.07, 6.45) is 0.0815. The normalized spacial score (nSPS) is 17.3. The second kappa shape index (κ2) is 9.53. The Morgan fingerprint density at radius 1 is 0.972 bits per heavy atom. The zero-order valence-corrected chi connectivity index (χ0v) is 20.9. The number of carbonyl (C=O) groups is 2. The van der Waals surface area contributed by atoms with Crippen molar-refractivity contribution in [2.45, 2.75) is 52.0 Å². The van der Waals surface area contributed by atoms with E-state index in [9.17, 15) is 9.59 Å². The summed E-state index contributed by atoms with van der Waals surface area (Å²) in [7, 11) is 0. The summed E-state index contributed by atoms with van der Waals surface area (Å²) in [5.74, 6) is 0.447. The summed E-state index contributed by atoms with van der Waals surface area (Å²) >= 11 is 0. The Balaban J connectivity index is 1.49. The van der Waals surface area contributed by atoms with Crippen molar-refractivity contribution in [2.24, 2.45) is 0 Å². The van der Waals surface area contributed by atoms with E-state index in [1.54, 1.807) is 4.90 Å². The number of rotatable bonds is 7. The van der Waals surface area contributed by atoms with Gasteiger partial charge in [0.15, 0.2) is 0 Å². The minimum Gasteiger partial charge on any atom is -0.491 e. The quantitative estimate of drug-likeness (QED) is 0.397.